The minimum Gasteiger partial charge on any atom is -0.352 e. The van der Waals surface area contributed by atoms with Gasteiger partial charge in [0.2, 0.25) is 11.8 Å². The quantitative estimate of drug-likeness (QED) is 0.785. The Morgan fingerprint density at radius 3 is 2.45 bits per heavy atom. The van der Waals surface area contributed by atoms with Crippen LogP contribution in [0.25, 0.3) is 0 Å². The third-order valence-corrected chi connectivity index (χ3v) is 5.58. The van der Waals surface area contributed by atoms with Gasteiger partial charge in [-0.1, -0.05) is 24.3 Å². The van der Waals surface area contributed by atoms with Crippen molar-refractivity contribution in [3.05, 3.63) is 65.0 Å². The van der Waals surface area contributed by atoms with Crippen LogP contribution in [-0.2, 0) is 16.1 Å². The van der Waals surface area contributed by atoms with Gasteiger partial charge in [-0.3, -0.25) is 14.5 Å². The monoisotopic (exact) mass is 397 g/mol. The highest BCUT2D eigenvalue weighted by Crippen LogP contribution is 2.20. The zero-order valence-electron chi connectivity index (χ0n) is 17.0. The van der Waals surface area contributed by atoms with Gasteiger partial charge in [0.1, 0.15) is 5.82 Å². The van der Waals surface area contributed by atoms with Crippen LogP contribution in [0.4, 0.5) is 10.1 Å². The molecule has 0 bridgehead atoms. The highest BCUT2D eigenvalue weighted by Gasteiger charge is 2.25. The molecule has 0 atom stereocenters. The molecular formula is C23H28FN3O2. The molecule has 0 unspecified atom stereocenters. The van der Waals surface area contributed by atoms with E-state index in [9.17, 15) is 14.0 Å². The normalized spacial score (nSPS) is 15.1. The van der Waals surface area contributed by atoms with Crippen molar-refractivity contribution in [2.75, 3.05) is 25.0 Å². The Balaban J connectivity index is 1.41. The summed E-state index contributed by atoms with van der Waals surface area (Å²) in [5, 5.41) is 5.92. The van der Waals surface area contributed by atoms with Crippen LogP contribution in [0.5, 0.6) is 0 Å². The zero-order chi connectivity index (χ0) is 20.8. The summed E-state index contributed by atoms with van der Waals surface area (Å²) >= 11 is 0. The van der Waals surface area contributed by atoms with Crippen LogP contribution in [0.2, 0.25) is 0 Å². The number of amides is 2. The van der Waals surface area contributed by atoms with Crippen LogP contribution in [0.15, 0.2) is 42.5 Å². The van der Waals surface area contributed by atoms with Crippen molar-refractivity contribution in [1.29, 1.82) is 0 Å². The molecule has 0 aliphatic carbocycles. The third kappa shape index (κ3) is 5.87. The van der Waals surface area contributed by atoms with E-state index in [4.69, 9.17) is 0 Å². The van der Waals surface area contributed by atoms with Gasteiger partial charge in [-0.2, -0.15) is 0 Å². The van der Waals surface area contributed by atoms with Crippen molar-refractivity contribution in [2.24, 2.45) is 5.92 Å². The molecule has 0 saturated carbocycles. The Bertz CT molecular complexity index is 859. The van der Waals surface area contributed by atoms with Gasteiger partial charge in [-0.05, 0) is 74.7 Å². The fourth-order valence-corrected chi connectivity index (χ4v) is 3.57. The number of hydrogen-bond acceptors (Lipinski definition) is 3. The average Bonchev–Trinajstić information content (AvgIpc) is 2.71. The summed E-state index contributed by atoms with van der Waals surface area (Å²) in [5.41, 5.74) is 3.96. The second-order valence-electron chi connectivity index (χ2n) is 7.69. The number of benzene rings is 2. The number of aryl methyl sites for hydroxylation is 1. The average molecular weight is 397 g/mol. The molecule has 1 heterocycles. The Morgan fingerprint density at radius 1 is 1.07 bits per heavy atom. The first-order valence-corrected chi connectivity index (χ1v) is 10.0. The first-order chi connectivity index (χ1) is 13.9. The molecule has 1 saturated heterocycles. The van der Waals surface area contributed by atoms with Crippen molar-refractivity contribution in [3.63, 3.8) is 0 Å². The second-order valence-corrected chi connectivity index (χ2v) is 7.69. The molecule has 29 heavy (non-hydrogen) atoms. The van der Waals surface area contributed by atoms with Crippen molar-refractivity contribution >= 4 is 17.5 Å². The summed E-state index contributed by atoms with van der Waals surface area (Å²) in [4.78, 5) is 26.9. The van der Waals surface area contributed by atoms with E-state index in [2.05, 4.69) is 15.5 Å². The maximum atomic E-state index is 12.9. The van der Waals surface area contributed by atoms with Crippen molar-refractivity contribution in [2.45, 2.75) is 33.2 Å². The summed E-state index contributed by atoms with van der Waals surface area (Å²) in [6.45, 7) is 6.19. The maximum Gasteiger partial charge on any atom is 0.238 e. The molecule has 154 valence electrons. The van der Waals surface area contributed by atoms with Gasteiger partial charge in [0, 0.05) is 18.2 Å². The van der Waals surface area contributed by atoms with Gasteiger partial charge in [0.05, 0.1) is 6.54 Å². The fourth-order valence-electron chi connectivity index (χ4n) is 3.57. The van der Waals surface area contributed by atoms with Gasteiger partial charge >= 0.3 is 0 Å². The van der Waals surface area contributed by atoms with Crippen LogP contribution < -0.4 is 10.6 Å². The standard InChI is InChI=1S/C23H28FN3O2/c1-16-4-3-5-21(17(16)2)26-22(28)15-27-12-10-19(11-13-27)23(29)25-14-18-6-8-20(24)9-7-18/h3-9,19H,10-15H2,1-2H3,(H,25,29)(H,26,28). The lowest BCUT2D eigenvalue weighted by Crippen LogP contribution is -2.43. The van der Waals surface area contributed by atoms with Crippen LogP contribution in [-0.4, -0.2) is 36.3 Å². The highest BCUT2D eigenvalue weighted by molar-refractivity contribution is 5.93. The topological polar surface area (TPSA) is 61.4 Å². The minimum atomic E-state index is -0.283. The summed E-state index contributed by atoms with van der Waals surface area (Å²) in [7, 11) is 0. The molecule has 2 amide bonds. The Kier molecular flexibility index (Phi) is 6.99. The summed E-state index contributed by atoms with van der Waals surface area (Å²) in [5.74, 6) is -0.338. The lowest BCUT2D eigenvalue weighted by molar-refractivity contribution is -0.126. The Morgan fingerprint density at radius 2 is 1.76 bits per heavy atom. The molecule has 3 rings (SSSR count). The maximum absolute atomic E-state index is 12.9. The van der Waals surface area contributed by atoms with Gasteiger partial charge < -0.3 is 10.6 Å². The number of nitrogens with one attached hydrogen (secondary N) is 2. The van der Waals surface area contributed by atoms with E-state index in [1.165, 1.54) is 12.1 Å². The summed E-state index contributed by atoms with van der Waals surface area (Å²) < 4.78 is 12.9. The number of rotatable bonds is 6. The molecule has 2 aromatic carbocycles. The van der Waals surface area contributed by atoms with E-state index in [1.54, 1.807) is 12.1 Å². The molecule has 0 spiro atoms. The molecule has 0 radical (unpaired) electrons. The lowest BCUT2D eigenvalue weighted by Gasteiger charge is -2.30. The third-order valence-electron chi connectivity index (χ3n) is 5.58. The number of hydrogen-bond donors (Lipinski definition) is 2. The van der Waals surface area contributed by atoms with E-state index in [0.29, 0.717) is 13.1 Å². The highest BCUT2D eigenvalue weighted by atomic mass is 19.1. The number of carbonyl (C=O) groups excluding carboxylic acids is 2. The smallest absolute Gasteiger partial charge is 0.238 e. The number of nitrogens with zero attached hydrogens (tertiary/aromatic N) is 1. The molecule has 1 aliphatic rings. The van der Waals surface area contributed by atoms with Crippen LogP contribution >= 0.6 is 0 Å². The van der Waals surface area contributed by atoms with Crippen LogP contribution in [0.1, 0.15) is 29.5 Å². The molecule has 1 aliphatic heterocycles. The second kappa shape index (κ2) is 9.65. The molecule has 1 fully saturated rings. The molecule has 5 nitrogen and oxygen atoms in total. The van der Waals surface area contributed by atoms with Gasteiger partial charge in [0.15, 0.2) is 0 Å². The SMILES string of the molecule is Cc1cccc(NC(=O)CN2CCC(C(=O)NCc3ccc(F)cc3)CC2)c1C. The van der Waals surface area contributed by atoms with E-state index >= 15 is 0 Å². The van der Waals surface area contributed by atoms with Crippen molar-refractivity contribution in [3.8, 4) is 0 Å². The van der Waals surface area contributed by atoms with Crippen molar-refractivity contribution in [1.82, 2.24) is 10.2 Å². The molecular weight excluding hydrogens is 369 g/mol. The minimum absolute atomic E-state index is 0.0220. The van der Waals surface area contributed by atoms with E-state index < -0.39 is 0 Å². The zero-order valence-corrected chi connectivity index (χ0v) is 17.0. The molecule has 2 aromatic rings. The van der Waals surface area contributed by atoms with Crippen LogP contribution in [0.3, 0.4) is 0 Å². The van der Waals surface area contributed by atoms with Gasteiger partial charge in [-0.15, -0.1) is 0 Å². The predicted octanol–water partition coefficient (Wildman–Crippen LogP) is 3.41. The number of halogens is 1. The van der Waals surface area contributed by atoms with E-state index in [1.807, 2.05) is 32.0 Å². The number of piperidine rings is 1. The van der Waals surface area contributed by atoms with E-state index in [0.717, 1.165) is 48.3 Å². The summed E-state index contributed by atoms with van der Waals surface area (Å²) in [6, 6.07) is 12.0. The van der Waals surface area contributed by atoms with E-state index in [-0.39, 0.29) is 23.5 Å². The Hall–Kier alpha value is -2.73. The molecule has 0 aromatic heterocycles. The van der Waals surface area contributed by atoms with Crippen LogP contribution in [0, 0.1) is 25.6 Å². The lowest BCUT2D eigenvalue weighted by atomic mass is 9.96. The first kappa shape index (κ1) is 21.0. The van der Waals surface area contributed by atoms with Gasteiger partial charge in [0.25, 0.3) is 0 Å². The molecule has 6 heteroatoms. The van der Waals surface area contributed by atoms with Crippen molar-refractivity contribution < 1.29 is 14.0 Å². The first-order valence-electron chi connectivity index (χ1n) is 10.0. The van der Waals surface area contributed by atoms with Gasteiger partial charge in [-0.25, -0.2) is 4.39 Å². The Labute approximate surface area is 171 Å². The fraction of sp³-hybridized carbons (Fsp3) is 0.391. The number of likely N-dealkylation sites (tertiary alicyclic amines) is 1. The number of carbonyl (C=O) groups is 2. The number of anilines is 1. The largest absolute Gasteiger partial charge is 0.352 e. The molecule has 2 N–H and O–H groups in total. The predicted molar refractivity (Wildman–Crippen MR) is 112 cm³/mol. The summed E-state index contributed by atoms with van der Waals surface area (Å²) in [6.07, 6.45) is 1.46.